The minimum absolute atomic E-state index is 0.383. The Balaban J connectivity index is 2.89. The van der Waals surface area contributed by atoms with Crippen LogP contribution in [0, 0.1) is 6.92 Å². The summed E-state index contributed by atoms with van der Waals surface area (Å²) in [5.74, 6) is 0.117. The highest BCUT2D eigenvalue weighted by molar-refractivity contribution is 5.93. The van der Waals surface area contributed by atoms with Gasteiger partial charge in [-0.1, -0.05) is 13.3 Å². The van der Waals surface area contributed by atoms with Crippen LogP contribution in [0.15, 0.2) is 12.4 Å². The van der Waals surface area contributed by atoms with Crippen LogP contribution in [-0.4, -0.2) is 24.7 Å². The van der Waals surface area contributed by atoms with Crippen molar-refractivity contribution < 1.29 is 14.3 Å². The Morgan fingerprint density at radius 1 is 1.44 bits per heavy atom. The topological polar surface area (TPSA) is 48.4 Å². The number of hydrogen-bond acceptors (Lipinski definition) is 4. The Kier molecular flexibility index (Phi) is 4.76. The SMILES string of the molecule is CCCCOc1cncc(C)c1C(=O)OC. The summed E-state index contributed by atoms with van der Waals surface area (Å²) in [5, 5.41) is 0. The van der Waals surface area contributed by atoms with E-state index in [0.717, 1.165) is 18.4 Å². The fraction of sp³-hybridized carbons (Fsp3) is 0.500. The van der Waals surface area contributed by atoms with Crippen LogP contribution in [-0.2, 0) is 4.74 Å². The number of aryl methyl sites for hydroxylation is 1. The van der Waals surface area contributed by atoms with E-state index in [9.17, 15) is 4.79 Å². The third kappa shape index (κ3) is 2.95. The molecule has 0 spiro atoms. The van der Waals surface area contributed by atoms with E-state index in [1.165, 1.54) is 7.11 Å². The molecule has 16 heavy (non-hydrogen) atoms. The molecule has 0 saturated carbocycles. The Morgan fingerprint density at radius 2 is 2.19 bits per heavy atom. The highest BCUT2D eigenvalue weighted by Gasteiger charge is 2.16. The van der Waals surface area contributed by atoms with Crippen LogP contribution in [0.25, 0.3) is 0 Å². The first-order chi connectivity index (χ1) is 7.70. The molecular formula is C12H17NO3. The van der Waals surface area contributed by atoms with Gasteiger partial charge in [0.2, 0.25) is 0 Å². The molecule has 0 saturated heterocycles. The fourth-order valence-corrected chi connectivity index (χ4v) is 1.34. The van der Waals surface area contributed by atoms with E-state index < -0.39 is 0 Å². The first-order valence-corrected chi connectivity index (χ1v) is 5.36. The third-order valence-corrected chi connectivity index (χ3v) is 2.25. The van der Waals surface area contributed by atoms with Gasteiger partial charge < -0.3 is 9.47 Å². The minimum atomic E-state index is -0.383. The normalized spacial score (nSPS) is 9.94. The predicted octanol–water partition coefficient (Wildman–Crippen LogP) is 2.36. The number of hydrogen-bond donors (Lipinski definition) is 0. The van der Waals surface area contributed by atoms with Crippen LogP contribution in [0.5, 0.6) is 5.75 Å². The van der Waals surface area contributed by atoms with Crippen LogP contribution in [0.2, 0.25) is 0 Å². The lowest BCUT2D eigenvalue weighted by Crippen LogP contribution is -2.09. The van der Waals surface area contributed by atoms with Gasteiger partial charge in [0.15, 0.2) is 5.75 Å². The third-order valence-electron chi connectivity index (χ3n) is 2.25. The maximum Gasteiger partial charge on any atom is 0.342 e. The second kappa shape index (κ2) is 6.10. The highest BCUT2D eigenvalue weighted by Crippen LogP contribution is 2.21. The maximum absolute atomic E-state index is 11.6. The van der Waals surface area contributed by atoms with E-state index in [4.69, 9.17) is 9.47 Å². The molecule has 1 rings (SSSR count). The first kappa shape index (κ1) is 12.5. The lowest BCUT2D eigenvalue weighted by molar-refractivity contribution is 0.0595. The number of esters is 1. The second-order valence-electron chi connectivity index (χ2n) is 3.52. The van der Waals surface area contributed by atoms with Crippen molar-refractivity contribution in [2.45, 2.75) is 26.7 Å². The Morgan fingerprint density at radius 3 is 2.81 bits per heavy atom. The summed E-state index contributed by atoms with van der Waals surface area (Å²) in [7, 11) is 1.36. The number of pyridine rings is 1. The highest BCUT2D eigenvalue weighted by atomic mass is 16.5. The molecule has 0 unspecified atom stereocenters. The van der Waals surface area contributed by atoms with Crippen molar-refractivity contribution in [2.75, 3.05) is 13.7 Å². The van der Waals surface area contributed by atoms with Gasteiger partial charge in [0.25, 0.3) is 0 Å². The molecule has 1 aromatic heterocycles. The number of carbonyl (C=O) groups is 1. The number of nitrogens with zero attached hydrogens (tertiary/aromatic N) is 1. The largest absolute Gasteiger partial charge is 0.491 e. The molecule has 1 heterocycles. The van der Waals surface area contributed by atoms with Gasteiger partial charge >= 0.3 is 5.97 Å². The van der Waals surface area contributed by atoms with Gasteiger partial charge in [0, 0.05) is 6.20 Å². The summed E-state index contributed by atoms with van der Waals surface area (Å²) in [4.78, 5) is 15.6. The average Bonchev–Trinajstić information content (AvgIpc) is 2.29. The van der Waals surface area contributed by atoms with E-state index in [1.54, 1.807) is 12.4 Å². The van der Waals surface area contributed by atoms with Crippen LogP contribution in [0.4, 0.5) is 0 Å². The van der Waals surface area contributed by atoms with Gasteiger partial charge in [-0.15, -0.1) is 0 Å². The molecule has 0 bridgehead atoms. The second-order valence-corrected chi connectivity index (χ2v) is 3.52. The zero-order chi connectivity index (χ0) is 12.0. The summed E-state index contributed by atoms with van der Waals surface area (Å²) in [5.41, 5.74) is 1.23. The lowest BCUT2D eigenvalue weighted by Gasteiger charge is -2.11. The molecule has 4 nitrogen and oxygen atoms in total. The van der Waals surface area contributed by atoms with Crippen molar-refractivity contribution in [3.05, 3.63) is 23.5 Å². The number of methoxy groups -OCH3 is 1. The summed E-state index contributed by atoms with van der Waals surface area (Å²) in [6.45, 7) is 4.48. The maximum atomic E-state index is 11.6. The molecule has 1 aromatic rings. The van der Waals surface area contributed by atoms with Gasteiger partial charge in [0.05, 0.1) is 19.9 Å². The van der Waals surface area contributed by atoms with Crippen LogP contribution >= 0.6 is 0 Å². The Labute approximate surface area is 95.6 Å². The molecule has 0 aliphatic rings. The molecule has 0 aliphatic carbocycles. The molecule has 88 valence electrons. The number of rotatable bonds is 5. The molecule has 0 fully saturated rings. The molecular weight excluding hydrogens is 206 g/mol. The zero-order valence-electron chi connectivity index (χ0n) is 9.95. The van der Waals surface area contributed by atoms with Gasteiger partial charge in [-0.3, -0.25) is 4.98 Å². The quantitative estimate of drug-likeness (QED) is 0.568. The van der Waals surface area contributed by atoms with E-state index in [2.05, 4.69) is 11.9 Å². The van der Waals surface area contributed by atoms with Gasteiger partial charge in [-0.25, -0.2) is 4.79 Å². The Hall–Kier alpha value is -1.58. The van der Waals surface area contributed by atoms with Crippen molar-refractivity contribution >= 4 is 5.97 Å². The van der Waals surface area contributed by atoms with Gasteiger partial charge in [-0.05, 0) is 18.9 Å². The lowest BCUT2D eigenvalue weighted by atomic mass is 10.1. The van der Waals surface area contributed by atoms with Crippen LogP contribution in [0.3, 0.4) is 0 Å². The summed E-state index contributed by atoms with van der Waals surface area (Å²) < 4.78 is 10.2. The van der Waals surface area contributed by atoms with Gasteiger partial charge in [0.1, 0.15) is 5.56 Å². The first-order valence-electron chi connectivity index (χ1n) is 5.36. The number of aromatic nitrogens is 1. The molecule has 0 aliphatic heterocycles. The summed E-state index contributed by atoms with van der Waals surface area (Å²) in [6, 6.07) is 0. The molecule has 0 radical (unpaired) electrons. The molecule has 0 atom stereocenters. The van der Waals surface area contributed by atoms with Crippen molar-refractivity contribution in [2.24, 2.45) is 0 Å². The van der Waals surface area contributed by atoms with E-state index in [1.807, 2.05) is 6.92 Å². The molecule has 0 amide bonds. The molecule has 0 N–H and O–H groups in total. The molecule has 4 heteroatoms. The fourth-order valence-electron chi connectivity index (χ4n) is 1.34. The van der Waals surface area contributed by atoms with E-state index in [-0.39, 0.29) is 5.97 Å². The number of ether oxygens (including phenoxy) is 2. The van der Waals surface area contributed by atoms with E-state index >= 15 is 0 Å². The smallest absolute Gasteiger partial charge is 0.342 e. The monoisotopic (exact) mass is 223 g/mol. The van der Waals surface area contributed by atoms with Crippen LogP contribution in [0.1, 0.15) is 35.7 Å². The molecule has 0 aromatic carbocycles. The minimum Gasteiger partial charge on any atom is -0.491 e. The summed E-state index contributed by atoms with van der Waals surface area (Å²) >= 11 is 0. The van der Waals surface area contributed by atoms with Crippen molar-refractivity contribution in [3.63, 3.8) is 0 Å². The zero-order valence-corrected chi connectivity index (χ0v) is 9.95. The number of carbonyl (C=O) groups excluding carboxylic acids is 1. The number of unbranched alkanes of at least 4 members (excludes halogenated alkanes) is 1. The van der Waals surface area contributed by atoms with Crippen molar-refractivity contribution in [1.82, 2.24) is 4.98 Å². The predicted molar refractivity (Wildman–Crippen MR) is 60.7 cm³/mol. The van der Waals surface area contributed by atoms with E-state index in [0.29, 0.717) is 17.9 Å². The van der Waals surface area contributed by atoms with Crippen molar-refractivity contribution in [3.8, 4) is 5.75 Å². The summed E-state index contributed by atoms with van der Waals surface area (Å²) in [6.07, 6.45) is 5.18. The van der Waals surface area contributed by atoms with Gasteiger partial charge in [-0.2, -0.15) is 0 Å². The van der Waals surface area contributed by atoms with Crippen LogP contribution < -0.4 is 4.74 Å². The Bertz CT molecular complexity index is 363. The van der Waals surface area contributed by atoms with Crippen molar-refractivity contribution in [1.29, 1.82) is 0 Å². The standard InChI is InChI=1S/C12H17NO3/c1-4-5-6-16-10-8-13-7-9(2)11(10)12(14)15-3/h7-8H,4-6H2,1-3H3. The average molecular weight is 223 g/mol.